The minimum atomic E-state index is -3.93. The zero-order valence-electron chi connectivity index (χ0n) is 21.2. The van der Waals surface area contributed by atoms with E-state index in [1.54, 1.807) is 37.3 Å². The number of hydrogen-bond acceptors (Lipinski definition) is 9. The van der Waals surface area contributed by atoms with Gasteiger partial charge in [0.05, 0.1) is 33.1 Å². The fraction of sp³-hybridized carbons (Fsp3) is 0.0741. The molecule has 5 aromatic rings. The van der Waals surface area contributed by atoms with E-state index >= 15 is 0 Å². The number of aromatic nitrogens is 1. The number of amides is 1. The Labute approximate surface area is 237 Å². The van der Waals surface area contributed by atoms with E-state index in [0.29, 0.717) is 15.9 Å². The monoisotopic (exact) mass is 593 g/mol. The molecule has 2 aromatic heterocycles. The Hall–Kier alpha value is -4.95. The summed E-state index contributed by atoms with van der Waals surface area (Å²) >= 11 is 0.999. The average molecular weight is 594 g/mol. The summed E-state index contributed by atoms with van der Waals surface area (Å²) in [5.41, 5.74) is 1.01. The highest BCUT2D eigenvalue weighted by atomic mass is 32.2. The number of hydrazone groups is 1. The number of nitrogens with zero attached hydrogens (tertiary/aromatic N) is 5. The molecule has 0 aliphatic rings. The summed E-state index contributed by atoms with van der Waals surface area (Å²) in [7, 11) is -3.93. The molecule has 2 heterocycles. The second kappa shape index (κ2) is 11.3. The van der Waals surface area contributed by atoms with E-state index in [-0.39, 0.29) is 27.9 Å². The van der Waals surface area contributed by atoms with Crippen LogP contribution in [0.15, 0.2) is 99.3 Å². The van der Waals surface area contributed by atoms with Crippen LogP contribution in [-0.4, -0.2) is 37.0 Å². The highest BCUT2D eigenvalue weighted by molar-refractivity contribution is 7.92. The van der Waals surface area contributed by atoms with Crippen LogP contribution in [0.1, 0.15) is 23.0 Å². The zero-order valence-corrected chi connectivity index (χ0v) is 22.9. The third kappa shape index (κ3) is 5.69. The number of halogens is 1. The van der Waals surface area contributed by atoms with Gasteiger partial charge in [-0.3, -0.25) is 19.2 Å². The topological polar surface area (TPSA) is 139 Å². The molecule has 0 bridgehead atoms. The molecular weight excluding hydrogens is 573 g/mol. The highest BCUT2D eigenvalue weighted by Gasteiger charge is 2.26. The zero-order chi connectivity index (χ0) is 29.1. The van der Waals surface area contributed by atoms with Crippen molar-refractivity contribution in [2.75, 3.05) is 15.9 Å². The fourth-order valence-electron chi connectivity index (χ4n) is 3.89. The molecule has 208 valence electrons. The molecule has 14 heteroatoms. The van der Waals surface area contributed by atoms with Gasteiger partial charge in [-0.25, -0.2) is 17.8 Å². The van der Waals surface area contributed by atoms with Crippen molar-refractivity contribution in [1.82, 2.24) is 4.98 Å². The molecule has 41 heavy (non-hydrogen) atoms. The van der Waals surface area contributed by atoms with Gasteiger partial charge in [0.25, 0.3) is 15.9 Å². The number of sulfonamides is 1. The molecule has 0 aliphatic carbocycles. The van der Waals surface area contributed by atoms with Gasteiger partial charge in [-0.2, -0.15) is 10.1 Å². The molecule has 3 aromatic carbocycles. The SMILES string of the molecule is CCN(c1ccccc1)S(=O)(=O)c1ccc(C(=O)N(/N=C/c2ccc([N+](=O)[O-])o2)c2nc3ccc(F)cc3s2)cc1. The molecule has 1 amide bonds. The first-order valence-corrected chi connectivity index (χ1v) is 14.3. The van der Waals surface area contributed by atoms with Crippen molar-refractivity contribution in [3.63, 3.8) is 0 Å². The van der Waals surface area contributed by atoms with Crippen molar-refractivity contribution in [1.29, 1.82) is 0 Å². The lowest BCUT2D eigenvalue weighted by molar-refractivity contribution is -0.402. The summed E-state index contributed by atoms with van der Waals surface area (Å²) in [6, 6.07) is 20.4. The first-order valence-electron chi connectivity index (χ1n) is 12.0. The molecule has 0 fully saturated rings. The Morgan fingerprint density at radius 3 is 2.49 bits per heavy atom. The Morgan fingerprint density at radius 1 is 1.10 bits per heavy atom. The molecule has 0 spiro atoms. The maximum Gasteiger partial charge on any atom is 0.433 e. The first-order chi connectivity index (χ1) is 19.7. The van der Waals surface area contributed by atoms with Gasteiger partial charge < -0.3 is 4.42 Å². The quantitative estimate of drug-likeness (QED) is 0.119. The number of para-hydroxylation sites is 1. The largest absolute Gasteiger partial charge is 0.433 e. The van der Waals surface area contributed by atoms with Gasteiger partial charge in [-0.05, 0) is 67.6 Å². The third-order valence-corrected chi connectivity index (χ3v) is 8.74. The van der Waals surface area contributed by atoms with E-state index in [1.165, 1.54) is 52.8 Å². The Balaban J connectivity index is 1.49. The van der Waals surface area contributed by atoms with Crippen molar-refractivity contribution >= 4 is 60.4 Å². The second-order valence-corrected chi connectivity index (χ2v) is 11.3. The highest BCUT2D eigenvalue weighted by Crippen LogP contribution is 2.31. The van der Waals surface area contributed by atoms with Crippen molar-refractivity contribution in [3.8, 4) is 0 Å². The summed E-state index contributed by atoms with van der Waals surface area (Å²) in [5, 5.41) is 16.1. The lowest BCUT2D eigenvalue weighted by Crippen LogP contribution is -2.31. The van der Waals surface area contributed by atoms with Gasteiger partial charge in [0.2, 0.25) is 5.13 Å². The molecule has 0 radical (unpaired) electrons. The average Bonchev–Trinajstić information content (AvgIpc) is 3.61. The van der Waals surface area contributed by atoms with Crippen molar-refractivity contribution in [2.24, 2.45) is 5.10 Å². The molecule has 0 atom stereocenters. The van der Waals surface area contributed by atoms with Gasteiger partial charge in [0, 0.05) is 12.1 Å². The van der Waals surface area contributed by atoms with Crippen molar-refractivity contribution in [3.05, 3.63) is 112 Å². The van der Waals surface area contributed by atoms with Crippen LogP contribution < -0.4 is 9.31 Å². The predicted molar refractivity (Wildman–Crippen MR) is 152 cm³/mol. The van der Waals surface area contributed by atoms with Crippen molar-refractivity contribution in [2.45, 2.75) is 11.8 Å². The molecule has 0 saturated carbocycles. The molecule has 0 N–H and O–H groups in total. The summed E-state index contributed by atoms with van der Waals surface area (Å²) in [6.45, 7) is 1.91. The van der Waals surface area contributed by atoms with Crippen molar-refractivity contribution < 1.29 is 26.9 Å². The maximum atomic E-state index is 13.8. The lowest BCUT2D eigenvalue weighted by atomic mass is 10.2. The van der Waals surface area contributed by atoms with E-state index in [4.69, 9.17) is 4.42 Å². The van der Waals surface area contributed by atoms with Gasteiger partial charge in [-0.1, -0.05) is 29.5 Å². The number of fused-ring (bicyclic) bond motifs is 1. The summed E-state index contributed by atoms with van der Waals surface area (Å²) < 4.78 is 47.3. The molecular formula is C27H20FN5O6S2. The number of furan rings is 1. The molecule has 0 aliphatic heterocycles. The number of hydrogen-bond donors (Lipinski definition) is 0. The van der Waals surface area contributed by atoms with Gasteiger partial charge in [-0.15, -0.1) is 0 Å². The lowest BCUT2D eigenvalue weighted by Gasteiger charge is -2.23. The van der Waals surface area contributed by atoms with Crippen LogP contribution in [0.5, 0.6) is 0 Å². The number of thiazole rings is 1. The van der Waals surface area contributed by atoms with E-state index in [1.807, 2.05) is 0 Å². The second-order valence-electron chi connectivity index (χ2n) is 8.43. The van der Waals surface area contributed by atoms with E-state index in [2.05, 4.69) is 10.1 Å². The first kappa shape index (κ1) is 27.6. The summed E-state index contributed by atoms with van der Waals surface area (Å²) in [6.07, 6.45) is 1.11. The number of benzene rings is 3. The van der Waals surface area contributed by atoms with Crippen LogP contribution in [0.2, 0.25) is 0 Å². The summed E-state index contributed by atoms with van der Waals surface area (Å²) in [5.74, 6) is -1.66. The Kier molecular flexibility index (Phi) is 7.59. The predicted octanol–water partition coefficient (Wildman–Crippen LogP) is 5.83. The number of nitro groups is 1. The molecule has 0 unspecified atom stereocenters. The minimum Gasteiger partial charge on any atom is -0.400 e. The van der Waals surface area contributed by atoms with Crippen LogP contribution in [0, 0.1) is 15.9 Å². The molecule has 0 saturated heterocycles. The van der Waals surface area contributed by atoms with E-state index < -0.39 is 32.6 Å². The van der Waals surface area contributed by atoms with Crippen LogP contribution in [0.3, 0.4) is 0 Å². The number of carbonyl (C=O) groups excluding carboxylic acids is 1. The minimum absolute atomic E-state index is 0.00339. The van der Waals surface area contributed by atoms with Crippen LogP contribution in [0.4, 0.5) is 21.1 Å². The Bertz CT molecular complexity index is 1870. The molecule has 11 nitrogen and oxygen atoms in total. The normalized spacial score (nSPS) is 11.7. The number of carbonyl (C=O) groups is 1. The van der Waals surface area contributed by atoms with Gasteiger partial charge >= 0.3 is 5.88 Å². The maximum absolute atomic E-state index is 13.8. The van der Waals surface area contributed by atoms with E-state index in [0.717, 1.165) is 28.6 Å². The van der Waals surface area contributed by atoms with Gasteiger partial charge in [0.1, 0.15) is 10.7 Å². The van der Waals surface area contributed by atoms with Crippen LogP contribution in [0.25, 0.3) is 10.2 Å². The van der Waals surface area contributed by atoms with Gasteiger partial charge in [0.15, 0.2) is 5.76 Å². The fourth-order valence-corrected chi connectivity index (χ4v) is 6.32. The standard InChI is InChI=1S/C27H20FN5O6S2/c1-2-31(20-6-4-3-5-7-20)41(37,38)22-12-8-18(9-13-22)26(34)32(29-17-21-11-15-25(39-21)33(35)36)27-30-23-14-10-19(28)16-24(23)40-27/h3-17H,2H2,1H3/b29-17+. The smallest absolute Gasteiger partial charge is 0.400 e. The van der Waals surface area contributed by atoms with Crippen LogP contribution in [-0.2, 0) is 10.0 Å². The number of rotatable bonds is 9. The summed E-state index contributed by atoms with van der Waals surface area (Å²) in [4.78, 5) is 28.2. The third-order valence-electron chi connectivity index (χ3n) is 5.83. The number of anilines is 2. The Morgan fingerprint density at radius 2 is 1.83 bits per heavy atom. The van der Waals surface area contributed by atoms with Crippen LogP contribution >= 0.6 is 11.3 Å². The van der Waals surface area contributed by atoms with E-state index in [9.17, 15) is 27.7 Å². The molecule has 5 rings (SSSR count).